The lowest BCUT2D eigenvalue weighted by molar-refractivity contribution is -0.141. The van der Waals surface area contributed by atoms with Gasteiger partial charge in [0.1, 0.15) is 10.5 Å². The number of thiophene rings is 1. The molecule has 2 aromatic heterocycles. The Labute approximate surface area is 158 Å². The number of benzene rings is 1. The molecule has 4 nitrogen and oxygen atoms in total. The highest BCUT2D eigenvalue weighted by atomic mass is 32.1. The third-order valence-corrected chi connectivity index (χ3v) is 5.04. The van der Waals surface area contributed by atoms with Crippen LogP contribution >= 0.6 is 11.3 Å². The SMILES string of the molecule is Cc1c(C(=O)NNc2ccccc2C(F)(F)F)sc2nc(C(F)(F)F)ccc12. The van der Waals surface area contributed by atoms with Crippen LogP contribution in [0.3, 0.4) is 0 Å². The number of fused-ring (bicyclic) bond motifs is 1. The number of carbonyl (C=O) groups is 1. The van der Waals surface area contributed by atoms with E-state index in [-0.39, 0.29) is 15.4 Å². The van der Waals surface area contributed by atoms with Crippen molar-refractivity contribution in [2.45, 2.75) is 19.3 Å². The molecule has 0 aliphatic carbocycles. The normalized spacial score (nSPS) is 12.2. The van der Waals surface area contributed by atoms with Crippen molar-refractivity contribution in [2.24, 2.45) is 0 Å². The van der Waals surface area contributed by atoms with Crippen molar-refractivity contribution in [3.63, 3.8) is 0 Å². The molecule has 28 heavy (non-hydrogen) atoms. The number of para-hydroxylation sites is 1. The number of hydrogen-bond donors (Lipinski definition) is 2. The van der Waals surface area contributed by atoms with Gasteiger partial charge in [0.15, 0.2) is 0 Å². The van der Waals surface area contributed by atoms with Gasteiger partial charge >= 0.3 is 12.4 Å². The van der Waals surface area contributed by atoms with Gasteiger partial charge in [0, 0.05) is 5.39 Å². The molecule has 0 bridgehead atoms. The second-order valence-corrected chi connectivity index (χ2v) is 6.72. The molecule has 0 atom stereocenters. The van der Waals surface area contributed by atoms with Crippen LogP contribution in [0.5, 0.6) is 0 Å². The number of aromatic nitrogens is 1. The van der Waals surface area contributed by atoms with Crippen molar-refractivity contribution in [2.75, 3.05) is 5.43 Å². The van der Waals surface area contributed by atoms with E-state index >= 15 is 0 Å². The van der Waals surface area contributed by atoms with E-state index in [9.17, 15) is 31.1 Å². The monoisotopic (exact) mass is 419 g/mol. The van der Waals surface area contributed by atoms with E-state index in [1.807, 2.05) is 0 Å². The van der Waals surface area contributed by atoms with Crippen molar-refractivity contribution >= 4 is 33.1 Å². The van der Waals surface area contributed by atoms with Crippen molar-refractivity contribution in [1.82, 2.24) is 10.4 Å². The summed E-state index contributed by atoms with van der Waals surface area (Å²) in [6, 6.07) is 6.56. The molecule has 3 rings (SSSR count). The summed E-state index contributed by atoms with van der Waals surface area (Å²) in [6.45, 7) is 1.52. The molecule has 148 valence electrons. The number of aryl methyl sites for hydroxylation is 1. The summed E-state index contributed by atoms with van der Waals surface area (Å²) in [5.41, 5.74) is 2.31. The van der Waals surface area contributed by atoms with Crippen molar-refractivity contribution in [1.29, 1.82) is 0 Å². The Hall–Kier alpha value is -2.82. The lowest BCUT2D eigenvalue weighted by Crippen LogP contribution is -2.30. The fourth-order valence-corrected chi connectivity index (χ4v) is 3.57. The average molecular weight is 419 g/mol. The molecule has 0 aliphatic heterocycles. The minimum Gasteiger partial charge on any atom is -0.298 e. The van der Waals surface area contributed by atoms with Crippen molar-refractivity contribution in [3.8, 4) is 0 Å². The predicted octanol–water partition coefficient (Wildman–Crippen LogP) is 5.40. The largest absolute Gasteiger partial charge is 0.433 e. The molecule has 0 radical (unpaired) electrons. The molecule has 2 N–H and O–H groups in total. The molecular formula is C17H11F6N3OS. The van der Waals surface area contributed by atoms with Crippen LogP contribution in [-0.4, -0.2) is 10.9 Å². The number of nitrogens with one attached hydrogen (secondary N) is 2. The molecule has 3 aromatic rings. The maximum absolute atomic E-state index is 13.0. The Kier molecular flexibility index (Phi) is 4.96. The van der Waals surface area contributed by atoms with Crippen LogP contribution in [-0.2, 0) is 12.4 Å². The van der Waals surface area contributed by atoms with E-state index < -0.39 is 29.5 Å². The summed E-state index contributed by atoms with van der Waals surface area (Å²) in [5, 5.41) is 0.360. The zero-order valence-electron chi connectivity index (χ0n) is 14.0. The third-order valence-electron chi connectivity index (χ3n) is 3.84. The second kappa shape index (κ2) is 6.97. The first-order valence-electron chi connectivity index (χ1n) is 7.68. The lowest BCUT2D eigenvalue weighted by Gasteiger charge is -2.14. The number of carbonyl (C=O) groups excluding carboxylic acids is 1. The van der Waals surface area contributed by atoms with Crippen LogP contribution in [0.1, 0.15) is 26.5 Å². The van der Waals surface area contributed by atoms with E-state index in [0.717, 1.165) is 29.5 Å². The van der Waals surface area contributed by atoms with Gasteiger partial charge in [-0.25, -0.2) is 4.98 Å². The summed E-state index contributed by atoms with van der Waals surface area (Å²) in [7, 11) is 0. The van der Waals surface area contributed by atoms with Crippen LogP contribution in [0, 0.1) is 6.92 Å². The Morgan fingerprint density at radius 3 is 2.32 bits per heavy atom. The summed E-state index contributed by atoms with van der Waals surface area (Å²) in [5.74, 6) is -0.786. The molecule has 0 fully saturated rings. The first-order valence-corrected chi connectivity index (χ1v) is 8.50. The summed E-state index contributed by atoms with van der Waals surface area (Å²) < 4.78 is 77.3. The standard InChI is InChI=1S/C17H11F6N3OS/c1-8-9-6-7-12(17(21,22)23)24-15(9)28-13(8)14(27)26-25-11-5-3-2-4-10(11)16(18,19)20/h2-7,25H,1H3,(H,26,27). The maximum atomic E-state index is 13.0. The Bertz CT molecular complexity index is 1040. The molecular weight excluding hydrogens is 408 g/mol. The number of pyridine rings is 1. The molecule has 0 aliphatic rings. The van der Waals surface area contributed by atoms with Gasteiger partial charge in [-0.3, -0.25) is 15.6 Å². The van der Waals surface area contributed by atoms with E-state index in [0.29, 0.717) is 10.9 Å². The van der Waals surface area contributed by atoms with E-state index in [1.54, 1.807) is 0 Å². The Morgan fingerprint density at radius 2 is 1.68 bits per heavy atom. The molecule has 0 saturated heterocycles. The number of rotatable bonds is 3. The highest BCUT2D eigenvalue weighted by Gasteiger charge is 2.34. The van der Waals surface area contributed by atoms with Gasteiger partial charge in [-0.1, -0.05) is 12.1 Å². The van der Waals surface area contributed by atoms with Crippen LogP contribution in [0.15, 0.2) is 36.4 Å². The fourth-order valence-electron chi connectivity index (χ4n) is 2.49. The van der Waals surface area contributed by atoms with Gasteiger partial charge < -0.3 is 0 Å². The molecule has 0 spiro atoms. The molecule has 1 aromatic carbocycles. The molecule has 11 heteroatoms. The molecule has 0 unspecified atom stereocenters. The van der Waals surface area contributed by atoms with Gasteiger partial charge in [0.2, 0.25) is 0 Å². The second-order valence-electron chi connectivity index (χ2n) is 5.73. The summed E-state index contributed by atoms with van der Waals surface area (Å²) in [6.07, 6.45) is -9.25. The average Bonchev–Trinajstić information content (AvgIpc) is 2.95. The van der Waals surface area contributed by atoms with Gasteiger partial charge in [-0.2, -0.15) is 26.3 Å². The van der Waals surface area contributed by atoms with Crippen LogP contribution < -0.4 is 10.9 Å². The lowest BCUT2D eigenvalue weighted by atomic mass is 10.1. The smallest absolute Gasteiger partial charge is 0.298 e. The quantitative estimate of drug-likeness (QED) is 0.442. The van der Waals surface area contributed by atoms with Crippen LogP contribution in [0.2, 0.25) is 0 Å². The number of anilines is 1. The van der Waals surface area contributed by atoms with Gasteiger partial charge in [0.25, 0.3) is 5.91 Å². The van der Waals surface area contributed by atoms with Crippen LogP contribution in [0.4, 0.5) is 32.0 Å². The zero-order chi connectivity index (χ0) is 20.7. The molecule has 0 saturated carbocycles. The topological polar surface area (TPSA) is 54.0 Å². The number of hydrogen-bond acceptors (Lipinski definition) is 4. The molecule has 1 amide bonds. The minimum atomic E-state index is -4.63. The predicted molar refractivity (Wildman–Crippen MR) is 91.9 cm³/mol. The van der Waals surface area contributed by atoms with Crippen molar-refractivity contribution < 1.29 is 31.1 Å². The van der Waals surface area contributed by atoms with Gasteiger partial charge in [0.05, 0.1) is 16.1 Å². The van der Waals surface area contributed by atoms with E-state index in [2.05, 4.69) is 15.8 Å². The number of amides is 1. The number of nitrogens with zero attached hydrogens (tertiary/aromatic N) is 1. The van der Waals surface area contributed by atoms with E-state index in [1.165, 1.54) is 25.1 Å². The number of hydrazine groups is 1. The van der Waals surface area contributed by atoms with Gasteiger partial charge in [-0.05, 0) is 36.8 Å². The van der Waals surface area contributed by atoms with E-state index in [4.69, 9.17) is 0 Å². The fraction of sp³-hybridized carbons (Fsp3) is 0.176. The number of halogens is 6. The van der Waals surface area contributed by atoms with Gasteiger partial charge in [-0.15, -0.1) is 11.3 Å². The highest BCUT2D eigenvalue weighted by Crippen LogP contribution is 2.35. The summed E-state index contributed by atoms with van der Waals surface area (Å²) in [4.78, 5) is 15.9. The molecule has 2 heterocycles. The number of alkyl halides is 6. The first kappa shape index (κ1) is 19.9. The Morgan fingerprint density at radius 1 is 1.00 bits per heavy atom. The zero-order valence-corrected chi connectivity index (χ0v) is 14.8. The third kappa shape index (κ3) is 3.88. The maximum Gasteiger partial charge on any atom is 0.433 e. The van der Waals surface area contributed by atoms with Crippen molar-refractivity contribution in [3.05, 3.63) is 58.1 Å². The van der Waals surface area contributed by atoms with Crippen LogP contribution in [0.25, 0.3) is 10.2 Å². The first-order chi connectivity index (χ1) is 13.0. The minimum absolute atomic E-state index is 0.00756. The summed E-state index contributed by atoms with van der Waals surface area (Å²) >= 11 is 0.722. The highest BCUT2D eigenvalue weighted by molar-refractivity contribution is 7.20. The Balaban J connectivity index is 1.86.